The molecule has 1 aromatic heterocycles. The molecule has 0 bridgehead atoms. The number of imidazole rings is 1. The average molecular weight is 347 g/mol. The maximum atomic E-state index is 12.9. The molecule has 1 N–H and O–H groups in total. The molecule has 0 saturated carbocycles. The van der Waals surface area contributed by atoms with E-state index in [1.807, 2.05) is 0 Å². The monoisotopic (exact) mass is 347 g/mol. The number of benzene rings is 1. The molecule has 0 aliphatic carbocycles. The van der Waals surface area contributed by atoms with Crippen molar-refractivity contribution in [2.24, 2.45) is 0 Å². The van der Waals surface area contributed by atoms with Crippen LogP contribution in [-0.4, -0.2) is 41.6 Å². The molecule has 24 heavy (non-hydrogen) atoms. The molecule has 0 radical (unpaired) electrons. The summed E-state index contributed by atoms with van der Waals surface area (Å²) in [7, 11) is -3.61. The van der Waals surface area contributed by atoms with Gasteiger partial charge in [0.05, 0.1) is 4.90 Å². The first-order chi connectivity index (χ1) is 11.5. The van der Waals surface area contributed by atoms with Gasteiger partial charge < -0.3 is 4.98 Å². The average Bonchev–Trinajstić information content (AvgIpc) is 3.16. The first-order valence-corrected chi connectivity index (χ1v) is 9.59. The second kappa shape index (κ2) is 6.86. The van der Waals surface area contributed by atoms with Crippen LogP contribution in [0.4, 0.5) is 0 Å². The van der Waals surface area contributed by atoms with Crippen molar-refractivity contribution in [1.29, 1.82) is 0 Å². The minimum Gasteiger partial charge on any atom is -0.348 e. The van der Waals surface area contributed by atoms with Crippen LogP contribution in [-0.2, 0) is 10.0 Å². The Morgan fingerprint density at radius 1 is 1.42 bits per heavy atom. The van der Waals surface area contributed by atoms with Crippen molar-refractivity contribution in [1.82, 2.24) is 14.3 Å². The number of carbonyl (C=O) groups is 1. The van der Waals surface area contributed by atoms with E-state index < -0.39 is 10.0 Å². The maximum absolute atomic E-state index is 12.9. The van der Waals surface area contributed by atoms with E-state index in [0.29, 0.717) is 25.1 Å². The number of ketones is 1. The molecular weight excluding hydrogens is 326 g/mol. The summed E-state index contributed by atoms with van der Waals surface area (Å²) in [4.78, 5) is 19.4. The molecule has 0 amide bonds. The first kappa shape index (κ1) is 16.9. The number of Topliss-reactive ketones (excluding diaryl/α,β-unsaturated/α-hetero) is 1. The summed E-state index contributed by atoms with van der Waals surface area (Å²) >= 11 is 0. The summed E-state index contributed by atoms with van der Waals surface area (Å²) in [6.45, 7) is 2.66. The molecule has 0 unspecified atom stereocenters. The highest BCUT2D eigenvalue weighted by molar-refractivity contribution is 7.89. The van der Waals surface area contributed by atoms with Crippen LogP contribution in [0.3, 0.4) is 0 Å². The van der Waals surface area contributed by atoms with Crippen molar-refractivity contribution in [3.63, 3.8) is 0 Å². The van der Waals surface area contributed by atoms with Gasteiger partial charge in [-0.25, -0.2) is 13.4 Å². The Morgan fingerprint density at radius 3 is 2.96 bits per heavy atom. The molecule has 7 heteroatoms. The Labute approximate surface area is 142 Å². The molecular formula is C17H21N3O3S. The topological polar surface area (TPSA) is 83.1 Å². The molecule has 2 heterocycles. The van der Waals surface area contributed by atoms with E-state index in [4.69, 9.17) is 0 Å². The van der Waals surface area contributed by atoms with Crippen LogP contribution in [0.1, 0.15) is 48.3 Å². The summed E-state index contributed by atoms with van der Waals surface area (Å²) in [5, 5.41) is 0. The lowest BCUT2D eigenvalue weighted by molar-refractivity contribution is 0.0988. The fourth-order valence-corrected chi connectivity index (χ4v) is 4.64. The number of hydrogen-bond acceptors (Lipinski definition) is 4. The van der Waals surface area contributed by atoms with Crippen LogP contribution >= 0.6 is 0 Å². The highest BCUT2D eigenvalue weighted by atomic mass is 32.2. The fourth-order valence-electron chi connectivity index (χ4n) is 3.07. The van der Waals surface area contributed by atoms with Gasteiger partial charge in [0.25, 0.3) is 0 Å². The molecule has 0 spiro atoms. The number of hydrogen-bond donors (Lipinski definition) is 1. The summed E-state index contributed by atoms with van der Waals surface area (Å²) < 4.78 is 27.4. The summed E-state index contributed by atoms with van der Waals surface area (Å²) in [6.07, 6.45) is 5.49. The van der Waals surface area contributed by atoms with Gasteiger partial charge in [-0.05, 0) is 25.0 Å². The van der Waals surface area contributed by atoms with Gasteiger partial charge in [-0.3, -0.25) is 4.79 Å². The number of nitrogens with one attached hydrogen (secondary N) is 1. The smallest absolute Gasteiger partial charge is 0.243 e. The van der Waals surface area contributed by atoms with Crippen LogP contribution in [0.5, 0.6) is 0 Å². The van der Waals surface area contributed by atoms with E-state index in [0.717, 1.165) is 18.7 Å². The minimum absolute atomic E-state index is 0.0563. The largest absolute Gasteiger partial charge is 0.348 e. The first-order valence-electron chi connectivity index (χ1n) is 8.15. The Kier molecular flexibility index (Phi) is 4.82. The van der Waals surface area contributed by atoms with Gasteiger partial charge in [0.2, 0.25) is 10.0 Å². The maximum Gasteiger partial charge on any atom is 0.243 e. The minimum atomic E-state index is -3.61. The lowest BCUT2D eigenvalue weighted by atomic mass is 9.99. The van der Waals surface area contributed by atoms with Gasteiger partial charge in [0.15, 0.2) is 5.78 Å². The van der Waals surface area contributed by atoms with E-state index >= 15 is 0 Å². The number of carbonyl (C=O) groups excluding carboxylic acids is 1. The van der Waals surface area contributed by atoms with Crippen molar-refractivity contribution in [3.05, 3.63) is 48.0 Å². The lowest BCUT2D eigenvalue weighted by Gasteiger charge is -2.31. The number of nitrogens with zero attached hydrogens (tertiary/aromatic N) is 2. The molecule has 1 atom stereocenters. The number of aromatic amines is 1. The molecule has 1 saturated heterocycles. The molecule has 1 aliphatic heterocycles. The van der Waals surface area contributed by atoms with Gasteiger partial charge in [0.1, 0.15) is 5.82 Å². The Hall–Kier alpha value is -1.99. The second-order valence-corrected chi connectivity index (χ2v) is 7.92. The molecule has 1 aromatic carbocycles. The summed E-state index contributed by atoms with van der Waals surface area (Å²) in [6, 6.07) is 6.33. The lowest BCUT2D eigenvalue weighted by Crippen LogP contribution is -2.39. The molecule has 6 nitrogen and oxygen atoms in total. The third-order valence-electron chi connectivity index (χ3n) is 4.41. The van der Waals surface area contributed by atoms with E-state index in [1.165, 1.54) is 10.4 Å². The Bertz CT molecular complexity index is 815. The molecule has 128 valence electrons. The number of rotatable bonds is 5. The van der Waals surface area contributed by atoms with E-state index in [9.17, 15) is 13.2 Å². The number of H-pyrrole nitrogens is 1. The molecule has 1 aliphatic rings. The predicted octanol–water partition coefficient (Wildman–Crippen LogP) is 2.57. The standard InChI is InChI=1S/C17H21N3O3S/c1-2-16(21)13-5-3-7-15(11-13)24(22,23)20-10-4-6-14(12-20)17-18-8-9-19-17/h3,5,7-9,11,14H,2,4,6,10,12H2,1H3,(H,18,19)/t14-/m1/s1. The number of piperidine rings is 1. The zero-order valence-electron chi connectivity index (χ0n) is 13.6. The van der Waals surface area contributed by atoms with Gasteiger partial charge in [-0.15, -0.1) is 0 Å². The van der Waals surface area contributed by atoms with Crippen LogP contribution in [0.2, 0.25) is 0 Å². The normalized spacial score (nSPS) is 19.3. The number of sulfonamides is 1. The van der Waals surface area contributed by atoms with E-state index in [2.05, 4.69) is 9.97 Å². The summed E-state index contributed by atoms with van der Waals surface area (Å²) in [5.74, 6) is 0.841. The SMILES string of the molecule is CCC(=O)c1cccc(S(=O)(=O)N2CCC[C@@H](c3ncc[nH]3)C2)c1. The highest BCUT2D eigenvalue weighted by Gasteiger charge is 2.32. The van der Waals surface area contributed by atoms with Gasteiger partial charge in [0, 0.05) is 43.4 Å². The van der Waals surface area contributed by atoms with Crippen molar-refractivity contribution in [2.45, 2.75) is 37.0 Å². The van der Waals surface area contributed by atoms with E-state index in [1.54, 1.807) is 37.5 Å². The second-order valence-electron chi connectivity index (χ2n) is 5.98. The van der Waals surface area contributed by atoms with Crippen LogP contribution in [0.25, 0.3) is 0 Å². The van der Waals surface area contributed by atoms with Crippen LogP contribution in [0, 0.1) is 0 Å². The molecule has 2 aromatic rings. The Morgan fingerprint density at radius 2 is 2.25 bits per heavy atom. The van der Waals surface area contributed by atoms with Gasteiger partial charge in [-0.2, -0.15) is 4.31 Å². The van der Waals surface area contributed by atoms with Crippen molar-refractivity contribution < 1.29 is 13.2 Å². The van der Waals surface area contributed by atoms with Gasteiger partial charge in [-0.1, -0.05) is 19.1 Å². The Balaban J connectivity index is 1.86. The van der Waals surface area contributed by atoms with Gasteiger partial charge >= 0.3 is 0 Å². The van der Waals surface area contributed by atoms with Crippen molar-refractivity contribution in [3.8, 4) is 0 Å². The highest BCUT2D eigenvalue weighted by Crippen LogP contribution is 2.28. The number of aromatic nitrogens is 2. The quantitative estimate of drug-likeness (QED) is 0.843. The third kappa shape index (κ3) is 3.27. The van der Waals surface area contributed by atoms with Crippen LogP contribution < -0.4 is 0 Å². The fraction of sp³-hybridized carbons (Fsp3) is 0.412. The van der Waals surface area contributed by atoms with Crippen LogP contribution in [0.15, 0.2) is 41.6 Å². The molecule has 1 fully saturated rings. The summed E-state index contributed by atoms with van der Waals surface area (Å²) in [5.41, 5.74) is 0.443. The zero-order chi connectivity index (χ0) is 17.2. The predicted molar refractivity (Wildman–Crippen MR) is 90.4 cm³/mol. The zero-order valence-corrected chi connectivity index (χ0v) is 14.4. The van der Waals surface area contributed by atoms with Crippen molar-refractivity contribution in [2.75, 3.05) is 13.1 Å². The van der Waals surface area contributed by atoms with Crippen molar-refractivity contribution >= 4 is 15.8 Å². The molecule has 3 rings (SSSR count). The third-order valence-corrected chi connectivity index (χ3v) is 6.27. The van der Waals surface area contributed by atoms with E-state index in [-0.39, 0.29) is 16.6 Å².